The van der Waals surface area contributed by atoms with E-state index in [4.69, 9.17) is 0 Å². The molecule has 3 N–H and O–H groups in total. The molecule has 2 aromatic heterocycles. The van der Waals surface area contributed by atoms with Gasteiger partial charge in [-0.3, -0.25) is 14.6 Å². The minimum Gasteiger partial charge on any atom is -0.361 e. The van der Waals surface area contributed by atoms with Gasteiger partial charge < -0.3 is 15.6 Å². The molecule has 0 fully saturated rings. The number of aromatic amines is 1. The number of hydrogen-bond acceptors (Lipinski definition) is 3. The predicted molar refractivity (Wildman–Crippen MR) is 101 cm³/mol. The molecule has 134 valence electrons. The summed E-state index contributed by atoms with van der Waals surface area (Å²) in [5, 5.41) is 6.60. The van der Waals surface area contributed by atoms with Crippen molar-refractivity contribution in [2.24, 2.45) is 0 Å². The van der Waals surface area contributed by atoms with Gasteiger partial charge in [0.1, 0.15) is 5.69 Å². The zero-order valence-corrected chi connectivity index (χ0v) is 14.7. The lowest BCUT2D eigenvalue weighted by Gasteiger charge is -2.07. The summed E-state index contributed by atoms with van der Waals surface area (Å²) < 4.78 is 0. The van der Waals surface area contributed by atoms with Crippen molar-refractivity contribution in [1.29, 1.82) is 0 Å². The molecule has 0 aliphatic heterocycles. The van der Waals surface area contributed by atoms with Crippen LogP contribution in [-0.2, 0) is 17.6 Å². The van der Waals surface area contributed by atoms with Crippen LogP contribution in [0.25, 0.3) is 10.9 Å². The number of hydrogen-bond donors (Lipinski definition) is 3. The van der Waals surface area contributed by atoms with Gasteiger partial charge >= 0.3 is 0 Å². The third-order valence-corrected chi connectivity index (χ3v) is 4.29. The van der Waals surface area contributed by atoms with E-state index in [1.54, 1.807) is 24.4 Å². The van der Waals surface area contributed by atoms with Crippen LogP contribution in [0.15, 0.2) is 48.8 Å². The first-order valence-corrected chi connectivity index (χ1v) is 8.72. The van der Waals surface area contributed by atoms with Crippen molar-refractivity contribution in [1.82, 2.24) is 20.6 Å². The summed E-state index contributed by atoms with van der Waals surface area (Å²) in [6.45, 7) is 2.58. The maximum atomic E-state index is 11.9. The average molecular weight is 350 g/mol. The molecule has 0 saturated heterocycles. The third kappa shape index (κ3) is 4.08. The highest BCUT2D eigenvalue weighted by molar-refractivity contribution is 5.94. The number of benzene rings is 1. The Hall–Kier alpha value is -3.15. The van der Waals surface area contributed by atoms with Gasteiger partial charge in [-0.2, -0.15) is 0 Å². The number of nitrogens with one attached hydrogen (secondary N) is 3. The summed E-state index contributed by atoms with van der Waals surface area (Å²) in [6.07, 6.45) is 5.25. The fourth-order valence-electron chi connectivity index (χ4n) is 2.92. The standard InChI is InChI=1S/C20H22N4O2/c1-2-14-6-5-7-16-15(12-23-19(14)16)9-11-22-18(25)13-24-20(26)17-8-3-4-10-21-17/h3-8,10,12,23H,2,9,11,13H2,1H3,(H,22,25)(H,24,26). The maximum Gasteiger partial charge on any atom is 0.270 e. The Bertz CT molecular complexity index is 903. The predicted octanol–water partition coefficient (Wildman–Crippen LogP) is 2.21. The first kappa shape index (κ1) is 17.7. The molecule has 3 aromatic rings. The molecule has 26 heavy (non-hydrogen) atoms. The van der Waals surface area contributed by atoms with Crippen LogP contribution in [0.1, 0.15) is 28.5 Å². The number of carbonyl (C=O) groups is 2. The topological polar surface area (TPSA) is 86.9 Å². The summed E-state index contributed by atoms with van der Waals surface area (Å²) in [5.74, 6) is -0.576. The van der Waals surface area contributed by atoms with Gasteiger partial charge in [-0.05, 0) is 36.1 Å². The number of nitrogens with zero attached hydrogens (tertiary/aromatic N) is 1. The van der Waals surface area contributed by atoms with E-state index in [-0.39, 0.29) is 18.4 Å². The fraction of sp³-hybridized carbons (Fsp3) is 0.250. The van der Waals surface area contributed by atoms with E-state index in [9.17, 15) is 9.59 Å². The lowest BCUT2D eigenvalue weighted by molar-refractivity contribution is -0.120. The van der Waals surface area contributed by atoms with Crippen molar-refractivity contribution in [3.05, 3.63) is 65.6 Å². The first-order valence-electron chi connectivity index (χ1n) is 8.72. The molecule has 2 heterocycles. The van der Waals surface area contributed by atoms with Gasteiger partial charge in [0.2, 0.25) is 5.91 Å². The number of rotatable bonds is 7. The molecule has 0 spiro atoms. The van der Waals surface area contributed by atoms with Gasteiger partial charge in [-0.15, -0.1) is 0 Å². The van der Waals surface area contributed by atoms with Crippen LogP contribution < -0.4 is 10.6 Å². The highest BCUT2D eigenvalue weighted by atomic mass is 16.2. The monoisotopic (exact) mass is 350 g/mol. The quantitative estimate of drug-likeness (QED) is 0.611. The zero-order valence-electron chi connectivity index (χ0n) is 14.7. The van der Waals surface area contributed by atoms with Crippen molar-refractivity contribution < 1.29 is 9.59 Å². The number of carbonyl (C=O) groups excluding carboxylic acids is 2. The number of aromatic nitrogens is 2. The molecular formula is C20H22N4O2. The second kappa shape index (κ2) is 8.29. The molecule has 3 rings (SSSR count). The highest BCUT2D eigenvalue weighted by Gasteiger charge is 2.09. The van der Waals surface area contributed by atoms with E-state index >= 15 is 0 Å². The lowest BCUT2D eigenvalue weighted by atomic mass is 10.1. The molecule has 2 amide bonds. The van der Waals surface area contributed by atoms with Crippen molar-refractivity contribution in [3.8, 4) is 0 Å². The molecule has 0 bridgehead atoms. The SMILES string of the molecule is CCc1cccc2c(CCNC(=O)CNC(=O)c3ccccn3)c[nH]c12. The largest absolute Gasteiger partial charge is 0.361 e. The summed E-state index contributed by atoms with van der Waals surface area (Å²) in [7, 11) is 0. The van der Waals surface area contributed by atoms with Gasteiger partial charge in [-0.1, -0.05) is 31.2 Å². The van der Waals surface area contributed by atoms with Gasteiger partial charge in [0.25, 0.3) is 5.91 Å². The van der Waals surface area contributed by atoms with Crippen LogP contribution in [0, 0.1) is 0 Å². The smallest absolute Gasteiger partial charge is 0.270 e. The molecule has 0 radical (unpaired) electrons. The second-order valence-electron chi connectivity index (χ2n) is 6.00. The van der Waals surface area contributed by atoms with E-state index < -0.39 is 0 Å². The Labute approximate surface area is 152 Å². The number of pyridine rings is 1. The minimum atomic E-state index is -0.357. The first-order chi connectivity index (χ1) is 12.7. The van der Waals surface area contributed by atoms with E-state index in [0.717, 1.165) is 12.8 Å². The van der Waals surface area contributed by atoms with Crippen LogP contribution in [0.3, 0.4) is 0 Å². The van der Waals surface area contributed by atoms with Crippen LogP contribution in [0.5, 0.6) is 0 Å². The molecule has 6 heteroatoms. The molecule has 0 aliphatic carbocycles. The molecule has 0 atom stereocenters. The summed E-state index contributed by atoms with van der Waals surface area (Å²) in [4.78, 5) is 31.1. The van der Waals surface area contributed by atoms with Gasteiger partial charge in [0.05, 0.1) is 6.54 Å². The summed E-state index contributed by atoms with van der Waals surface area (Å²) >= 11 is 0. The Morgan fingerprint density at radius 2 is 1.96 bits per heavy atom. The van der Waals surface area contributed by atoms with Crippen LogP contribution in [0.4, 0.5) is 0 Å². The van der Waals surface area contributed by atoms with E-state index in [2.05, 4.69) is 45.7 Å². The maximum absolute atomic E-state index is 11.9. The molecular weight excluding hydrogens is 328 g/mol. The molecule has 0 unspecified atom stereocenters. The summed E-state index contributed by atoms with van der Waals surface area (Å²) in [5.41, 5.74) is 3.92. The van der Waals surface area contributed by atoms with Gasteiger partial charge in [0, 0.05) is 29.8 Å². The van der Waals surface area contributed by atoms with Gasteiger partial charge in [-0.25, -0.2) is 0 Å². The van der Waals surface area contributed by atoms with Crippen LogP contribution in [-0.4, -0.2) is 34.9 Å². The average Bonchev–Trinajstić information content (AvgIpc) is 3.10. The lowest BCUT2D eigenvalue weighted by Crippen LogP contribution is -2.37. The van der Waals surface area contributed by atoms with Gasteiger partial charge in [0.15, 0.2) is 0 Å². The van der Waals surface area contributed by atoms with E-state index in [1.807, 2.05) is 6.20 Å². The molecule has 1 aromatic carbocycles. The Morgan fingerprint density at radius 1 is 1.08 bits per heavy atom. The number of fused-ring (bicyclic) bond motifs is 1. The van der Waals surface area contributed by atoms with Crippen molar-refractivity contribution >= 4 is 22.7 Å². The van der Waals surface area contributed by atoms with E-state index in [0.29, 0.717) is 12.2 Å². The number of para-hydroxylation sites is 1. The van der Waals surface area contributed by atoms with Crippen LogP contribution in [0.2, 0.25) is 0 Å². The third-order valence-electron chi connectivity index (χ3n) is 4.29. The Kier molecular flexibility index (Phi) is 5.63. The summed E-state index contributed by atoms with van der Waals surface area (Å²) in [6, 6.07) is 11.3. The Balaban J connectivity index is 1.48. The van der Waals surface area contributed by atoms with Crippen LogP contribution >= 0.6 is 0 Å². The highest BCUT2D eigenvalue weighted by Crippen LogP contribution is 2.22. The fourth-order valence-corrected chi connectivity index (χ4v) is 2.92. The molecule has 0 aliphatic rings. The van der Waals surface area contributed by atoms with Crippen molar-refractivity contribution in [2.45, 2.75) is 19.8 Å². The second-order valence-corrected chi connectivity index (χ2v) is 6.00. The Morgan fingerprint density at radius 3 is 2.73 bits per heavy atom. The van der Waals surface area contributed by atoms with Crippen molar-refractivity contribution in [2.75, 3.05) is 13.1 Å². The zero-order chi connectivity index (χ0) is 18.4. The number of H-pyrrole nitrogens is 1. The normalized spacial score (nSPS) is 10.7. The molecule has 0 saturated carbocycles. The molecule has 6 nitrogen and oxygen atoms in total. The minimum absolute atomic E-state index is 0.0662. The van der Waals surface area contributed by atoms with E-state index in [1.165, 1.54) is 22.0 Å². The number of amides is 2. The number of aryl methyl sites for hydroxylation is 1. The van der Waals surface area contributed by atoms with Crippen molar-refractivity contribution in [3.63, 3.8) is 0 Å².